The van der Waals surface area contributed by atoms with Gasteiger partial charge in [-0.3, -0.25) is 0 Å². The van der Waals surface area contributed by atoms with Crippen molar-refractivity contribution in [1.29, 1.82) is 0 Å². The van der Waals surface area contributed by atoms with Crippen LogP contribution in [0.3, 0.4) is 0 Å². The van der Waals surface area contributed by atoms with E-state index in [4.69, 9.17) is 9.47 Å². The van der Waals surface area contributed by atoms with E-state index >= 15 is 0 Å². The monoisotopic (exact) mass is 406 g/mol. The molecule has 0 atom stereocenters. The van der Waals surface area contributed by atoms with E-state index in [2.05, 4.69) is 41.7 Å². The Hall–Kier alpha value is -3.48. The Labute approximate surface area is 174 Å². The molecule has 0 saturated carbocycles. The smallest absolute Gasteiger partial charge is 0.348 e. The molecule has 7 heteroatoms. The highest BCUT2D eigenvalue weighted by Crippen LogP contribution is 2.38. The van der Waals surface area contributed by atoms with Crippen LogP contribution in [-0.4, -0.2) is 33.6 Å². The van der Waals surface area contributed by atoms with Gasteiger partial charge >= 0.3 is 5.69 Å². The molecule has 1 N–H and O–H groups in total. The van der Waals surface area contributed by atoms with Crippen molar-refractivity contribution in [3.8, 4) is 28.6 Å². The Balaban J connectivity index is 1.97. The minimum Gasteiger partial charge on any atom is -0.496 e. The molecule has 0 bridgehead atoms. The average Bonchev–Trinajstić information content (AvgIpc) is 3.25. The summed E-state index contributed by atoms with van der Waals surface area (Å²) < 4.78 is 14.8. The maximum absolute atomic E-state index is 12.8. The van der Waals surface area contributed by atoms with Gasteiger partial charge in [0.15, 0.2) is 5.82 Å². The van der Waals surface area contributed by atoms with Crippen LogP contribution in [0.1, 0.15) is 30.9 Å². The van der Waals surface area contributed by atoms with Gasteiger partial charge in [-0.15, -0.1) is 0 Å². The number of aryl methyl sites for hydroxylation is 2. The van der Waals surface area contributed by atoms with E-state index in [1.165, 1.54) is 0 Å². The molecule has 4 rings (SSSR count). The highest BCUT2D eigenvalue weighted by molar-refractivity contribution is 5.86. The number of hydrogen-bond acceptors (Lipinski definition) is 4. The summed E-state index contributed by atoms with van der Waals surface area (Å²) in [5.41, 5.74) is 4.45. The molecule has 0 aliphatic heterocycles. The van der Waals surface area contributed by atoms with Crippen LogP contribution in [0.15, 0.2) is 41.3 Å². The van der Waals surface area contributed by atoms with Gasteiger partial charge < -0.3 is 14.0 Å². The molecule has 0 unspecified atom stereocenters. The maximum Gasteiger partial charge on any atom is 0.348 e. The van der Waals surface area contributed by atoms with Gasteiger partial charge in [-0.1, -0.05) is 13.8 Å². The fourth-order valence-electron chi connectivity index (χ4n) is 3.98. The molecule has 2 aromatic heterocycles. The zero-order valence-corrected chi connectivity index (χ0v) is 18.1. The van der Waals surface area contributed by atoms with Crippen LogP contribution in [0.4, 0.5) is 0 Å². The summed E-state index contributed by atoms with van der Waals surface area (Å²) in [7, 11) is 5.25. The summed E-state index contributed by atoms with van der Waals surface area (Å²) in [6, 6.07) is 9.80. The van der Waals surface area contributed by atoms with E-state index in [1.54, 1.807) is 18.8 Å². The summed E-state index contributed by atoms with van der Waals surface area (Å²) >= 11 is 0. The highest BCUT2D eigenvalue weighted by Gasteiger charge is 2.21. The summed E-state index contributed by atoms with van der Waals surface area (Å²) in [5, 5.41) is 8.03. The third-order valence-electron chi connectivity index (χ3n) is 5.52. The molecule has 0 fully saturated rings. The lowest BCUT2D eigenvalue weighted by atomic mass is 9.98. The molecule has 7 nitrogen and oxygen atoms in total. The first-order valence-electron chi connectivity index (χ1n) is 9.85. The van der Waals surface area contributed by atoms with Gasteiger partial charge in [0.25, 0.3) is 0 Å². The van der Waals surface area contributed by atoms with Crippen molar-refractivity contribution >= 4 is 10.9 Å². The van der Waals surface area contributed by atoms with Crippen LogP contribution >= 0.6 is 0 Å². The fourth-order valence-corrected chi connectivity index (χ4v) is 3.98. The Morgan fingerprint density at radius 3 is 2.47 bits per heavy atom. The van der Waals surface area contributed by atoms with Crippen molar-refractivity contribution in [3.05, 3.63) is 58.1 Å². The summed E-state index contributed by atoms with van der Waals surface area (Å²) in [4.78, 5) is 12.8. The second-order valence-electron chi connectivity index (χ2n) is 7.76. The topological polar surface area (TPSA) is 74.1 Å². The van der Waals surface area contributed by atoms with Gasteiger partial charge in [-0.05, 0) is 48.2 Å². The summed E-state index contributed by atoms with van der Waals surface area (Å²) in [6.45, 7) is 6.25. The van der Waals surface area contributed by atoms with E-state index in [1.807, 2.05) is 37.4 Å². The minimum absolute atomic E-state index is 0.229. The number of ether oxygens (including phenoxy) is 2. The van der Waals surface area contributed by atoms with E-state index < -0.39 is 0 Å². The van der Waals surface area contributed by atoms with Crippen LogP contribution < -0.4 is 15.2 Å². The average molecular weight is 406 g/mol. The number of hydrogen-bond donors (Lipinski definition) is 1. The van der Waals surface area contributed by atoms with Gasteiger partial charge in [-0.2, -0.15) is 5.10 Å². The standard InChI is InChI=1S/C23H26N4O3/c1-13(2)16-10-18(21(30-6)11-20(16)29-5)22-24-25-23(28)27(22)15-7-8-19-17(9-15)14(3)12-26(19)4/h7-13H,1-6H3,(H,25,28). The normalized spacial score (nSPS) is 11.4. The predicted molar refractivity (Wildman–Crippen MR) is 118 cm³/mol. The Morgan fingerprint density at radius 2 is 1.80 bits per heavy atom. The van der Waals surface area contributed by atoms with E-state index in [9.17, 15) is 4.79 Å². The molecular weight excluding hydrogens is 380 g/mol. The number of benzene rings is 2. The van der Waals surface area contributed by atoms with Crippen molar-refractivity contribution in [2.75, 3.05) is 14.2 Å². The molecule has 156 valence electrons. The molecule has 30 heavy (non-hydrogen) atoms. The molecule has 2 aromatic carbocycles. The number of fused-ring (bicyclic) bond motifs is 1. The zero-order chi connectivity index (χ0) is 21.6. The van der Waals surface area contributed by atoms with Gasteiger partial charge in [-0.25, -0.2) is 14.5 Å². The summed E-state index contributed by atoms with van der Waals surface area (Å²) in [6.07, 6.45) is 2.08. The molecule has 2 heterocycles. The van der Waals surface area contributed by atoms with Crippen LogP contribution in [0.5, 0.6) is 11.5 Å². The van der Waals surface area contributed by atoms with E-state index in [0.717, 1.165) is 39.0 Å². The molecule has 0 amide bonds. The SMILES string of the molecule is COc1cc(OC)c(C(C)C)cc1-c1n[nH]c(=O)n1-c1ccc2c(c1)c(C)cn2C. The number of methoxy groups -OCH3 is 2. The van der Waals surface area contributed by atoms with Crippen molar-refractivity contribution in [1.82, 2.24) is 19.3 Å². The largest absolute Gasteiger partial charge is 0.496 e. The Kier molecular flexibility index (Phi) is 4.89. The third kappa shape index (κ3) is 3.07. The lowest BCUT2D eigenvalue weighted by Gasteiger charge is -2.17. The quantitative estimate of drug-likeness (QED) is 0.540. The molecule has 0 spiro atoms. The van der Waals surface area contributed by atoms with Gasteiger partial charge in [0.05, 0.1) is 25.5 Å². The Morgan fingerprint density at radius 1 is 1.07 bits per heavy atom. The second kappa shape index (κ2) is 7.40. The number of rotatable bonds is 5. The van der Waals surface area contributed by atoms with Crippen molar-refractivity contribution in [2.24, 2.45) is 7.05 Å². The van der Waals surface area contributed by atoms with Crippen LogP contribution in [0.2, 0.25) is 0 Å². The number of aromatic amines is 1. The minimum atomic E-state index is -0.304. The maximum atomic E-state index is 12.8. The number of nitrogens with one attached hydrogen (secondary N) is 1. The number of nitrogens with zero attached hydrogens (tertiary/aromatic N) is 3. The van der Waals surface area contributed by atoms with Crippen LogP contribution in [0.25, 0.3) is 28.0 Å². The predicted octanol–water partition coefficient (Wildman–Crippen LogP) is 4.17. The fraction of sp³-hybridized carbons (Fsp3) is 0.304. The molecule has 4 aromatic rings. The molecule has 0 aliphatic carbocycles. The number of aromatic nitrogens is 4. The molecule has 0 saturated heterocycles. The van der Waals surface area contributed by atoms with Gasteiger partial charge in [0.1, 0.15) is 11.5 Å². The van der Waals surface area contributed by atoms with E-state index in [0.29, 0.717) is 11.6 Å². The van der Waals surface area contributed by atoms with Crippen molar-refractivity contribution in [2.45, 2.75) is 26.7 Å². The van der Waals surface area contributed by atoms with Crippen molar-refractivity contribution in [3.63, 3.8) is 0 Å². The number of H-pyrrole nitrogens is 1. The first-order chi connectivity index (χ1) is 14.3. The van der Waals surface area contributed by atoms with Gasteiger partial charge in [0.2, 0.25) is 0 Å². The molecule has 0 aliphatic rings. The molecule has 0 radical (unpaired) electrons. The zero-order valence-electron chi connectivity index (χ0n) is 18.1. The first-order valence-corrected chi connectivity index (χ1v) is 9.85. The summed E-state index contributed by atoms with van der Waals surface area (Å²) in [5.74, 6) is 2.06. The second-order valence-corrected chi connectivity index (χ2v) is 7.76. The van der Waals surface area contributed by atoms with Crippen LogP contribution in [0, 0.1) is 6.92 Å². The lowest BCUT2D eigenvalue weighted by Crippen LogP contribution is -2.16. The first kappa shape index (κ1) is 19.8. The van der Waals surface area contributed by atoms with Crippen LogP contribution in [-0.2, 0) is 7.05 Å². The third-order valence-corrected chi connectivity index (χ3v) is 5.52. The lowest BCUT2D eigenvalue weighted by molar-refractivity contribution is 0.390. The van der Waals surface area contributed by atoms with Crippen molar-refractivity contribution < 1.29 is 9.47 Å². The van der Waals surface area contributed by atoms with E-state index in [-0.39, 0.29) is 11.6 Å². The molecular formula is C23H26N4O3. The Bertz CT molecular complexity index is 1290. The van der Waals surface area contributed by atoms with Gasteiger partial charge in [0, 0.05) is 30.2 Å². The highest BCUT2D eigenvalue weighted by atomic mass is 16.5.